The smallest absolute Gasteiger partial charge is 0.344 e. The van der Waals surface area contributed by atoms with E-state index in [-0.39, 0.29) is 30.6 Å². The van der Waals surface area contributed by atoms with Crippen molar-refractivity contribution < 1.29 is 19.1 Å². The third-order valence-corrected chi connectivity index (χ3v) is 5.51. The lowest BCUT2D eigenvalue weighted by atomic mass is 9.75. The number of carbonyl (C=O) groups excluding carboxylic acids is 2. The van der Waals surface area contributed by atoms with Gasteiger partial charge in [-0.1, -0.05) is 46.5 Å². The number of hydrogen-bond donors (Lipinski definition) is 0. The maximum Gasteiger partial charge on any atom is 0.344 e. The van der Waals surface area contributed by atoms with E-state index in [9.17, 15) is 9.59 Å². The van der Waals surface area contributed by atoms with Crippen molar-refractivity contribution in [1.29, 1.82) is 0 Å². The van der Waals surface area contributed by atoms with Crippen molar-refractivity contribution in [3.05, 3.63) is 0 Å². The van der Waals surface area contributed by atoms with Crippen LogP contribution < -0.4 is 0 Å². The number of rotatable bonds is 5. The zero-order valence-corrected chi connectivity index (χ0v) is 14.9. The minimum absolute atomic E-state index is 0.0188. The zero-order chi connectivity index (χ0) is 16.8. The van der Waals surface area contributed by atoms with E-state index < -0.39 is 0 Å². The molecule has 2 aliphatic rings. The molecule has 0 aromatic rings. The average Bonchev–Trinajstić information content (AvgIpc) is 2.53. The number of ether oxygens (including phenoxy) is 2. The van der Waals surface area contributed by atoms with E-state index >= 15 is 0 Å². The van der Waals surface area contributed by atoms with E-state index in [1.165, 1.54) is 12.8 Å². The SMILES string of the molecule is CC(C)[C@@H]1CC[C@H](C)C[C@H]1OC(=O)COC(=O)C1CCCCC1. The highest BCUT2D eigenvalue weighted by atomic mass is 16.6. The van der Waals surface area contributed by atoms with Crippen molar-refractivity contribution in [2.45, 2.75) is 78.2 Å². The Bertz CT molecular complexity index is 398. The number of esters is 2. The first-order valence-electron chi connectivity index (χ1n) is 9.33. The molecule has 0 aliphatic heterocycles. The summed E-state index contributed by atoms with van der Waals surface area (Å²) < 4.78 is 10.9. The van der Waals surface area contributed by atoms with Crippen molar-refractivity contribution in [2.75, 3.05) is 6.61 Å². The molecule has 0 radical (unpaired) electrons. The highest BCUT2D eigenvalue weighted by Crippen LogP contribution is 2.35. The number of hydrogen-bond acceptors (Lipinski definition) is 4. The van der Waals surface area contributed by atoms with Crippen LogP contribution in [-0.2, 0) is 19.1 Å². The maximum atomic E-state index is 12.1. The fourth-order valence-corrected chi connectivity index (χ4v) is 4.04. The van der Waals surface area contributed by atoms with Crippen LogP contribution in [0, 0.1) is 23.7 Å². The fourth-order valence-electron chi connectivity index (χ4n) is 4.04. The first kappa shape index (κ1) is 18.3. The Morgan fingerprint density at radius 1 is 1.04 bits per heavy atom. The molecule has 2 rings (SSSR count). The van der Waals surface area contributed by atoms with Crippen LogP contribution in [0.1, 0.15) is 72.1 Å². The van der Waals surface area contributed by atoms with Gasteiger partial charge in [-0.3, -0.25) is 4.79 Å². The van der Waals surface area contributed by atoms with E-state index in [1.807, 2.05) is 0 Å². The lowest BCUT2D eigenvalue weighted by Gasteiger charge is -2.36. The average molecular weight is 324 g/mol. The molecule has 0 unspecified atom stereocenters. The Kier molecular flexibility index (Phi) is 6.91. The minimum atomic E-state index is -0.390. The van der Waals surface area contributed by atoms with Crippen LogP contribution in [0.2, 0.25) is 0 Å². The third kappa shape index (κ3) is 5.50. The van der Waals surface area contributed by atoms with E-state index in [2.05, 4.69) is 20.8 Å². The summed E-state index contributed by atoms with van der Waals surface area (Å²) in [5.74, 6) is 0.884. The molecule has 3 atom stereocenters. The van der Waals surface area contributed by atoms with Crippen molar-refractivity contribution in [3.8, 4) is 0 Å². The molecule has 0 aromatic carbocycles. The van der Waals surface area contributed by atoms with Gasteiger partial charge in [0.25, 0.3) is 0 Å². The molecule has 0 N–H and O–H groups in total. The Morgan fingerprint density at radius 3 is 2.39 bits per heavy atom. The summed E-state index contributed by atoms with van der Waals surface area (Å²) in [6, 6.07) is 0. The van der Waals surface area contributed by atoms with Gasteiger partial charge in [0.2, 0.25) is 0 Å². The third-order valence-electron chi connectivity index (χ3n) is 5.51. The van der Waals surface area contributed by atoms with Crippen LogP contribution in [0.5, 0.6) is 0 Å². The van der Waals surface area contributed by atoms with Gasteiger partial charge in [0.15, 0.2) is 6.61 Å². The molecular formula is C19H32O4. The lowest BCUT2D eigenvalue weighted by molar-refractivity contribution is -0.169. The van der Waals surface area contributed by atoms with E-state index in [4.69, 9.17) is 9.47 Å². The van der Waals surface area contributed by atoms with Crippen molar-refractivity contribution in [3.63, 3.8) is 0 Å². The molecule has 4 nitrogen and oxygen atoms in total. The lowest BCUT2D eigenvalue weighted by Crippen LogP contribution is -2.37. The van der Waals surface area contributed by atoms with Crippen LogP contribution in [0.25, 0.3) is 0 Å². The summed E-state index contributed by atoms with van der Waals surface area (Å²) in [6.07, 6.45) is 8.35. The van der Waals surface area contributed by atoms with Crippen LogP contribution >= 0.6 is 0 Å². The molecule has 2 saturated carbocycles. The predicted octanol–water partition coefficient (Wildman–Crippen LogP) is 4.11. The maximum absolute atomic E-state index is 12.1. The molecule has 0 spiro atoms. The molecule has 0 amide bonds. The highest BCUT2D eigenvalue weighted by Gasteiger charge is 2.33. The van der Waals surface area contributed by atoms with Gasteiger partial charge in [0, 0.05) is 0 Å². The van der Waals surface area contributed by atoms with Gasteiger partial charge in [0.05, 0.1) is 5.92 Å². The first-order chi connectivity index (χ1) is 11.0. The Morgan fingerprint density at radius 2 is 1.74 bits per heavy atom. The molecule has 4 heteroatoms. The van der Waals surface area contributed by atoms with Gasteiger partial charge >= 0.3 is 11.9 Å². The quantitative estimate of drug-likeness (QED) is 0.714. The minimum Gasteiger partial charge on any atom is -0.460 e. The highest BCUT2D eigenvalue weighted by molar-refractivity contribution is 5.77. The summed E-state index contributed by atoms with van der Waals surface area (Å²) in [4.78, 5) is 24.1. The second-order valence-electron chi connectivity index (χ2n) is 7.80. The van der Waals surface area contributed by atoms with Crippen LogP contribution in [0.15, 0.2) is 0 Å². The normalized spacial score (nSPS) is 29.3. The molecule has 0 saturated heterocycles. The van der Waals surface area contributed by atoms with Gasteiger partial charge in [-0.05, 0) is 43.4 Å². The Labute approximate surface area is 140 Å². The van der Waals surface area contributed by atoms with E-state index in [1.54, 1.807) is 0 Å². The molecule has 0 aromatic heterocycles. The molecule has 132 valence electrons. The van der Waals surface area contributed by atoms with E-state index in [0.29, 0.717) is 17.8 Å². The molecule has 23 heavy (non-hydrogen) atoms. The van der Waals surface area contributed by atoms with Gasteiger partial charge < -0.3 is 9.47 Å². The summed E-state index contributed by atoms with van der Waals surface area (Å²) in [5, 5.41) is 0. The Balaban J connectivity index is 1.77. The largest absolute Gasteiger partial charge is 0.460 e. The van der Waals surface area contributed by atoms with E-state index in [0.717, 1.165) is 38.5 Å². The predicted molar refractivity (Wildman–Crippen MR) is 88.8 cm³/mol. The second kappa shape index (κ2) is 8.70. The molecule has 0 bridgehead atoms. The van der Waals surface area contributed by atoms with Crippen LogP contribution in [0.4, 0.5) is 0 Å². The topological polar surface area (TPSA) is 52.6 Å². The van der Waals surface area contributed by atoms with Gasteiger partial charge in [-0.15, -0.1) is 0 Å². The second-order valence-corrected chi connectivity index (χ2v) is 7.80. The van der Waals surface area contributed by atoms with Gasteiger partial charge in [0.1, 0.15) is 6.10 Å². The summed E-state index contributed by atoms with van der Waals surface area (Å²) in [6.45, 7) is 6.35. The van der Waals surface area contributed by atoms with Crippen molar-refractivity contribution >= 4 is 11.9 Å². The molecule has 2 fully saturated rings. The summed E-state index contributed by atoms with van der Waals surface area (Å²) in [5.41, 5.74) is 0. The summed E-state index contributed by atoms with van der Waals surface area (Å²) in [7, 11) is 0. The van der Waals surface area contributed by atoms with Crippen molar-refractivity contribution in [2.24, 2.45) is 23.7 Å². The fraction of sp³-hybridized carbons (Fsp3) is 0.895. The van der Waals surface area contributed by atoms with Gasteiger partial charge in [-0.2, -0.15) is 0 Å². The zero-order valence-electron chi connectivity index (χ0n) is 14.9. The molecular weight excluding hydrogens is 292 g/mol. The Hall–Kier alpha value is -1.06. The monoisotopic (exact) mass is 324 g/mol. The van der Waals surface area contributed by atoms with Crippen molar-refractivity contribution in [1.82, 2.24) is 0 Å². The molecule has 2 aliphatic carbocycles. The number of carbonyl (C=O) groups is 2. The first-order valence-corrected chi connectivity index (χ1v) is 9.33. The van der Waals surface area contributed by atoms with Crippen LogP contribution in [0.3, 0.4) is 0 Å². The van der Waals surface area contributed by atoms with Crippen LogP contribution in [-0.4, -0.2) is 24.6 Å². The molecule has 0 heterocycles. The van der Waals surface area contributed by atoms with Gasteiger partial charge in [-0.25, -0.2) is 4.79 Å². The summed E-state index contributed by atoms with van der Waals surface area (Å²) >= 11 is 0. The standard InChI is InChI=1S/C19H32O4/c1-13(2)16-10-9-14(3)11-17(16)23-18(20)12-22-19(21)15-7-5-4-6-8-15/h13-17H,4-12H2,1-3H3/t14-,16-,17+/m0/s1.